The van der Waals surface area contributed by atoms with Gasteiger partial charge in [-0.1, -0.05) is 29.8 Å². The lowest BCUT2D eigenvalue weighted by Crippen LogP contribution is -2.40. The summed E-state index contributed by atoms with van der Waals surface area (Å²) in [5.74, 6) is -1.10. The monoisotopic (exact) mass is 426 g/mol. The van der Waals surface area contributed by atoms with Crippen molar-refractivity contribution in [2.75, 3.05) is 13.1 Å². The number of para-hydroxylation sites is 1. The Hall–Kier alpha value is -2.99. The summed E-state index contributed by atoms with van der Waals surface area (Å²) in [6.07, 6.45) is 1.05. The van der Waals surface area contributed by atoms with Crippen LogP contribution in [0, 0.1) is 11.7 Å². The van der Waals surface area contributed by atoms with Crippen LogP contribution in [0.1, 0.15) is 28.8 Å². The summed E-state index contributed by atoms with van der Waals surface area (Å²) in [6.45, 7) is 0.965. The van der Waals surface area contributed by atoms with Gasteiger partial charge in [0.05, 0.1) is 11.4 Å². The molecule has 1 aromatic heterocycles. The van der Waals surface area contributed by atoms with Gasteiger partial charge in [0.2, 0.25) is 0 Å². The highest BCUT2D eigenvalue weighted by atomic mass is 35.5. The number of nitrogens with zero attached hydrogens (tertiary/aromatic N) is 2. The average Bonchev–Trinajstić information content (AvgIpc) is 2.77. The van der Waals surface area contributed by atoms with E-state index in [1.165, 1.54) is 24.3 Å². The number of likely N-dealkylation sites (tertiary alicyclic amines) is 1. The van der Waals surface area contributed by atoms with Gasteiger partial charge in [-0.15, -0.1) is 0 Å². The number of carbonyl (C=O) groups is 2. The van der Waals surface area contributed by atoms with Crippen molar-refractivity contribution >= 4 is 34.4 Å². The van der Waals surface area contributed by atoms with Crippen molar-refractivity contribution in [1.29, 1.82) is 0 Å². The Morgan fingerprint density at radius 1 is 1.10 bits per heavy atom. The Kier molecular flexibility index (Phi) is 5.95. The van der Waals surface area contributed by atoms with Crippen molar-refractivity contribution in [3.63, 3.8) is 0 Å². The van der Waals surface area contributed by atoms with E-state index in [0.29, 0.717) is 42.2 Å². The third-order valence-corrected chi connectivity index (χ3v) is 5.65. The second-order valence-electron chi connectivity index (χ2n) is 7.31. The zero-order valence-corrected chi connectivity index (χ0v) is 16.9. The van der Waals surface area contributed by atoms with E-state index in [-0.39, 0.29) is 30.2 Å². The van der Waals surface area contributed by atoms with Crippen molar-refractivity contribution in [2.24, 2.45) is 5.92 Å². The molecule has 0 unspecified atom stereocenters. The number of fused-ring (bicyclic) bond motifs is 1. The van der Waals surface area contributed by atoms with Gasteiger partial charge >= 0.3 is 5.97 Å². The topological polar surface area (TPSA) is 59.5 Å². The molecule has 0 spiro atoms. The Balaban J connectivity index is 1.32. The highest BCUT2D eigenvalue weighted by molar-refractivity contribution is 6.30. The molecule has 154 valence electrons. The Morgan fingerprint density at radius 2 is 1.80 bits per heavy atom. The van der Waals surface area contributed by atoms with Crippen LogP contribution < -0.4 is 0 Å². The van der Waals surface area contributed by atoms with Crippen LogP contribution in [0.5, 0.6) is 0 Å². The molecule has 1 saturated heterocycles. The molecule has 3 aromatic rings. The number of amides is 1. The maximum atomic E-state index is 13.0. The van der Waals surface area contributed by atoms with E-state index >= 15 is 0 Å². The summed E-state index contributed by atoms with van der Waals surface area (Å²) in [6, 6.07) is 15.0. The maximum absolute atomic E-state index is 13.0. The van der Waals surface area contributed by atoms with Gasteiger partial charge in [-0.05, 0) is 49.2 Å². The maximum Gasteiger partial charge on any atom is 0.309 e. The first-order valence-corrected chi connectivity index (χ1v) is 10.1. The fourth-order valence-electron chi connectivity index (χ4n) is 3.60. The first-order chi connectivity index (χ1) is 14.5. The third-order valence-electron chi connectivity index (χ3n) is 5.33. The standard InChI is InChI=1S/C23H20ClFN2O3/c24-21-18(13-17-3-1-2-4-20(17)26-21)14-30-23(29)16-9-11-27(12-10-16)22(28)15-5-7-19(25)8-6-15/h1-8,13,16H,9-12,14H2. The van der Waals surface area contributed by atoms with Crippen LogP contribution in [0.4, 0.5) is 4.39 Å². The fourth-order valence-corrected chi connectivity index (χ4v) is 3.80. The van der Waals surface area contributed by atoms with Crippen LogP contribution in [0.2, 0.25) is 5.15 Å². The molecule has 1 aliphatic heterocycles. The quantitative estimate of drug-likeness (QED) is 0.451. The van der Waals surface area contributed by atoms with Crippen LogP contribution in [0.25, 0.3) is 10.9 Å². The van der Waals surface area contributed by atoms with Gasteiger partial charge in [0, 0.05) is 29.6 Å². The molecule has 1 amide bonds. The van der Waals surface area contributed by atoms with Crippen molar-refractivity contribution < 1.29 is 18.7 Å². The first kappa shape index (κ1) is 20.3. The number of benzene rings is 2. The number of piperidine rings is 1. The molecule has 1 aliphatic rings. The van der Waals surface area contributed by atoms with E-state index in [2.05, 4.69) is 4.98 Å². The van der Waals surface area contributed by atoms with E-state index < -0.39 is 0 Å². The summed E-state index contributed by atoms with van der Waals surface area (Å²) in [4.78, 5) is 31.0. The molecule has 5 nitrogen and oxygen atoms in total. The number of hydrogen-bond acceptors (Lipinski definition) is 4. The summed E-state index contributed by atoms with van der Waals surface area (Å²) in [5.41, 5.74) is 1.89. The number of ether oxygens (including phenoxy) is 1. The summed E-state index contributed by atoms with van der Waals surface area (Å²) >= 11 is 6.22. The molecule has 30 heavy (non-hydrogen) atoms. The average molecular weight is 427 g/mol. The third kappa shape index (κ3) is 4.44. The minimum Gasteiger partial charge on any atom is -0.460 e. The molecule has 0 atom stereocenters. The molecule has 7 heteroatoms. The van der Waals surface area contributed by atoms with Crippen molar-refractivity contribution in [3.05, 3.63) is 76.7 Å². The van der Waals surface area contributed by atoms with Crippen LogP contribution >= 0.6 is 11.6 Å². The van der Waals surface area contributed by atoms with Crippen molar-refractivity contribution in [3.8, 4) is 0 Å². The molecule has 0 N–H and O–H groups in total. The van der Waals surface area contributed by atoms with E-state index in [9.17, 15) is 14.0 Å². The normalized spacial score (nSPS) is 14.7. The second kappa shape index (κ2) is 8.79. The Bertz CT molecular complexity index is 1080. The predicted molar refractivity (Wildman–Crippen MR) is 112 cm³/mol. The fraction of sp³-hybridized carbons (Fsp3) is 0.261. The number of aromatic nitrogens is 1. The van der Waals surface area contributed by atoms with Crippen molar-refractivity contribution in [2.45, 2.75) is 19.4 Å². The Labute approximate surface area is 178 Å². The molecule has 0 radical (unpaired) electrons. The van der Waals surface area contributed by atoms with Gasteiger partial charge < -0.3 is 9.64 Å². The second-order valence-corrected chi connectivity index (χ2v) is 7.67. The minimum atomic E-state index is -0.380. The molecule has 0 aliphatic carbocycles. The largest absolute Gasteiger partial charge is 0.460 e. The zero-order valence-electron chi connectivity index (χ0n) is 16.2. The molecule has 4 rings (SSSR count). The molecular formula is C23H20ClFN2O3. The van der Waals surface area contributed by atoms with E-state index in [0.717, 1.165) is 10.9 Å². The summed E-state index contributed by atoms with van der Waals surface area (Å²) in [5, 5.41) is 1.25. The van der Waals surface area contributed by atoms with E-state index in [1.54, 1.807) is 4.90 Å². The number of pyridine rings is 1. The van der Waals surface area contributed by atoms with Crippen molar-refractivity contribution in [1.82, 2.24) is 9.88 Å². The Morgan fingerprint density at radius 3 is 2.53 bits per heavy atom. The molecule has 0 saturated carbocycles. The number of rotatable bonds is 4. The van der Waals surface area contributed by atoms with Gasteiger partial charge in [0.25, 0.3) is 5.91 Å². The molecule has 0 bridgehead atoms. The highest BCUT2D eigenvalue weighted by Crippen LogP contribution is 2.24. The SMILES string of the molecule is O=C(OCc1cc2ccccc2nc1Cl)C1CCN(C(=O)c2ccc(F)cc2)CC1. The molecule has 1 fully saturated rings. The summed E-state index contributed by atoms with van der Waals surface area (Å²) < 4.78 is 18.5. The van der Waals surface area contributed by atoms with Crippen LogP contribution in [-0.2, 0) is 16.1 Å². The van der Waals surface area contributed by atoms with Crippen LogP contribution in [-0.4, -0.2) is 34.8 Å². The van der Waals surface area contributed by atoms with Gasteiger partial charge in [0.15, 0.2) is 0 Å². The lowest BCUT2D eigenvalue weighted by Gasteiger charge is -2.31. The molecular weight excluding hydrogens is 407 g/mol. The lowest BCUT2D eigenvalue weighted by atomic mass is 9.96. The van der Waals surface area contributed by atoms with Gasteiger partial charge in [-0.3, -0.25) is 9.59 Å². The minimum absolute atomic E-state index is 0.0597. The first-order valence-electron chi connectivity index (χ1n) is 9.77. The van der Waals surface area contributed by atoms with Gasteiger partial charge in [0.1, 0.15) is 17.6 Å². The molecule has 2 heterocycles. The number of esters is 1. The highest BCUT2D eigenvalue weighted by Gasteiger charge is 2.29. The number of hydrogen-bond donors (Lipinski definition) is 0. The summed E-state index contributed by atoms with van der Waals surface area (Å²) in [7, 11) is 0. The lowest BCUT2D eigenvalue weighted by molar-refractivity contribution is -0.151. The van der Waals surface area contributed by atoms with Crippen LogP contribution in [0.3, 0.4) is 0 Å². The molecule has 2 aromatic carbocycles. The van der Waals surface area contributed by atoms with Gasteiger partial charge in [-0.25, -0.2) is 9.37 Å². The number of halogens is 2. The van der Waals surface area contributed by atoms with E-state index in [4.69, 9.17) is 16.3 Å². The zero-order chi connectivity index (χ0) is 21.1. The van der Waals surface area contributed by atoms with E-state index in [1.807, 2.05) is 30.3 Å². The van der Waals surface area contributed by atoms with Gasteiger partial charge in [-0.2, -0.15) is 0 Å². The predicted octanol–water partition coefficient (Wildman–Crippen LogP) is 4.62. The van der Waals surface area contributed by atoms with Crippen LogP contribution in [0.15, 0.2) is 54.6 Å². The smallest absolute Gasteiger partial charge is 0.309 e. The number of carbonyl (C=O) groups excluding carboxylic acids is 2.